The topological polar surface area (TPSA) is 11.4 Å². The van der Waals surface area contributed by atoms with Crippen molar-refractivity contribution in [2.45, 2.75) is 0 Å². The van der Waals surface area contributed by atoms with Gasteiger partial charge in [-0.05, 0) is 131 Å². The van der Waals surface area contributed by atoms with E-state index in [1.165, 1.54) is 52.8 Å². The predicted octanol–water partition coefficient (Wildman–Crippen LogP) is 16.9. The van der Waals surface area contributed by atoms with E-state index < -0.39 is 0 Å². The minimum atomic E-state index is 1.06. The second-order valence-corrected chi connectivity index (χ2v) is 16.9. The van der Waals surface area contributed by atoms with Crippen molar-refractivity contribution in [2.24, 2.45) is 0 Å². The van der Waals surface area contributed by atoms with Crippen molar-refractivity contribution in [3.8, 4) is 16.8 Å². The first kappa shape index (κ1) is 36.0. The Balaban J connectivity index is 1.14. The molecule has 12 aromatic rings. The van der Waals surface area contributed by atoms with E-state index in [9.17, 15) is 0 Å². The summed E-state index contributed by atoms with van der Waals surface area (Å²) in [5.74, 6) is 0. The summed E-state index contributed by atoms with van der Waals surface area (Å²) in [6, 6.07) is 86.0. The van der Waals surface area contributed by atoms with Crippen LogP contribution in [0.15, 0.2) is 237 Å². The zero-order valence-corrected chi connectivity index (χ0v) is 34.6. The van der Waals surface area contributed by atoms with Crippen LogP contribution in [-0.2, 0) is 0 Å². The molecule has 0 unspecified atom stereocenters. The molecule has 0 radical (unpaired) electrons. The summed E-state index contributed by atoms with van der Waals surface area (Å²) >= 11 is 1.85. The molecular formula is C58H39N3S. The molecule has 2 heterocycles. The molecule has 4 heteroatoms. The second-order valence-electron chi connectivity index (χ2n) is 15.8. The average molecular weight is 810 g/mol. The summed E-state index contributed by atoms with van der Waals surface area (Å²) < 4.78 is 5.00. The van der Waals surface area contributed by atoms with Crippen molar-refractivity contribution in [3.63, 3.8) is 0 Å². The SMILES string of the molecule is c1ccc(N(c2ccccc2)c2cc(-c3ccc4c(c3)c3c5ccccc5ccc3n4-c3ccccc3)cc(N(c3ccccc3)c3ccc4sc5ccccc5c4c3)c2)cc1. The summed E-state index contributed by atoms with van der Waals surface area (Å²) in [5, 5.41) is 7.52. The number of hydrogen-bond donors (Lipinski definition) is 0. The van der Waals surface area contributed by atoms with Gasteiger partial charge in [-0.1, -0.05) is 127 Å². The van der Waals surface area contributed by atoms with Gasteiger partial charge in [0.05, 0.1) is 11.0 Å². The van der Waals surface area contributed by atoms with Crippen LogP contribution >= 0.6 is 11.3 Å². The molecule has 0 amide bonds. The van der Waals surface area contributed by atoms with Gasteiger partial charge < -0.3 is 14.4 Å². The summed E-state index contributed by atoms with van der Waals surface area (Å²) in [6.45, 7) is 0. The van der Waals surface area contributed by atoms with Gasteiger partial charge in [0.1, 0.15) is 0 Å². The van der Waals surface area contributed by atoms with Crippen LogP contribution in [-0.4, -0.2) is 4.57 Å². The fourth-order valence-electron chi connectivity index (χ4n) is 9.32. The molecule has 0 saturated heterocycles. The summed E-state index contributed by atoms with van der Waals surface area (Å²) in [4.78, 5) is 4.79. The number of benzene rings is 10. The lowest BCUT2D eigenvalue weighted by atomic mass is 9.98. The third-order valence-corrected chi connectivity index (χ3v) is 13.2. The number of rotatable bonds is 8. The van der Waals surface area contributed by atoms with Gasteiger partial charge >= 0.3 is 0 Å². The number of para-hydroxylation sites is 4. The lowest BCUT2D eigenvalue weighted by Crippen LogP contribution is -2.13. The van der Waals surface area contributed by atoms with Gasteiger partial charge in [0, 0.05) is 70.8 Å². The number of nitrogens with zero attached hydrogens (tertiary/aromatic N) is 3. The van der Waals surface area contributed by atoms with E-state index in [1.807, 2.05) is 11.3 Å². The summed E-state index contributed by atoms with van der Waals surface area (Å²) in [5.41, 5.74) is 12.3. The van der Waals surface area contributed by atoms with E-state index in [2.05, 4.69) is 251 Å². The molecule has 0 aliphatic carbocycles. The zero-order chi connectivity index (χ0) is 41.0. The largest absolute Gasteiger partial charge is 0.310 e. The van der Waals surface area contributed by atoms with Crippen LogP contribution in [0.5, 0.6) is 0 Å². The third kappa shape index (κ3) is 6.11. The Kier molecular flexibility index (Phi) is 8.68. The number of thiophene rings is 1. The van der Waals surface area contributed by atoms with Crippen molar-refractivity contribution in [1.29, 1.82) is 0 Å². The molecule has 10 aromatic carbocycles. The minimum Gasteiger partial charge on any atom is -0.310 e. The van der Waals surface area contributed by atoms with E-state index in [1.54, 1.807) is 0 Å². The monoisotopic (exact) mass is 809 g/mol. The van der Waals surface area contributed by atoms with Crippen LogP contribution in [0, 0.1) is 0 Å². The lowest BCUT2D eigenvalue weighted by molar-refractivity contribution is 1.18. The molecule has 0 N–H and O–H groups in total. The predicted molar refractivity (Wildman–Crippen MR) is 266 cm³/mol. The molecule has 62 heavy (non-hydrogen) atoms. The molecule has 2 aromatic heterocycles. The van der Waals surface area contributed by atoms with E-state index in [4.69, 9.17) is 0 Å². The van der Waals surface area contributed by atoms with Gasteiger partial charge in [0.2, 0.25) is 0 Å². The van der Waals surface area contributed by atoms with E-state index in [-0.39, 0.29) is 0 Å². The van der Waals surface area contributed by atoms with Crippen LogP contribution < -0.4 is 9.80 Å². The van der Waals surface area contributed by atoms with Crippen LogP contribution in [0.2, 0.25) is 0 Å². The Morgan fingerprint density at radius 2 is 0.855 bits per heavy atom. The molecule has 0 aliphatic rings. The Morgan fingerprint density at radius 3 is 1.53 bits per heavy atom. The second kappa shape index (κ2) is 15.0. The molecule has 3 nitrogen and oxygen atoms in total. The summed E-state index contributed by atoms with van der Waals surface area (Å²) in [7, 11) is 0. The fraction of sp³-hybridized carbons (Fsp3) is 0. The van der Waals surface area contributed by atoms with Crippen molar-refractivity contribution < 1.29 is 0 Å². The molecule has 0 bridgehead atoms. The molecule has 0 saturated carbocycles. The zero-order valence-electron chi connectivity index (χ0n) is 33.8. The number of fused-ring (bicyclic) bond motifs is 8. The number of aromatic nitrogens is 1. The van der Waals surface area contributed by atoms with Crippen LogP contribution in [0.4, 0.5) is 34.1 Å². The van der Waals surface area contributed by atoms with Crippen molar-refractivity contribution in [1.82, 2.24) is 4.57 Å². The van der Waals surface area contributed by atoms with Gasteiger partial charge in [0.15, 0.2) is 0 Å². The molecular weight excluding hydrogens is 771 g/mol. The first-order chi connectivity index (χ1) is 30.7. The molecule has 292 valence electrons. The Labute approximate surface area is 364 Å². The quantitative estimate of drug-likeness (QED) is 0.151. The van der Waals surface area contributed by atoms with Crippen molar-refractivity contribution >= 4 is 98.2 Å². The molecule has 0 atom stereocenters. The highest BCUT2D eigenvalue weighted by atomic mass is 32.1. The maximum absolute atomic E-state index is 2.42. The highest BCUT2D eigenvalue weighted by Gasteiger charge is 2.22. The van der Waals surface area contributed by atoms with Crippen molar-refractivity contribution in [3.05, 3.63) is 237 Å². The maximum atomic E-state index is 2.42. The Morgan fingerprint density at radius 1 is 0.306 bits per heavy atom. The van der Waals surface area contributed by atoms with Crippen molar-refractivity contribution in [2.75, 3.05) is 9.80 Å². The molecule has 12 rings (SSSR count). The minimum absolute atomic E-state index is 1.06. The highest BCUT2D eigenvalue weighted by Crippen LogP contribution is 2.46. The van der Waals surface area contributed by atoms with E-state index in [0.717, 1.165) is 50.9 Å². The summed E-state index contributed by atoms with van der Waals surface area (Å²) in [6.07, 6.45) is 0. The van der Waals surface area contributed by atoms with Crippen LogP contribution in [0.1, 0.15) is 0 Å². The smallest absolute Gasteiger partial charge is 0.0547 e. The third-order valence-electron chi connectivity index (χ3n) is 12.1. The average Bonchev–Trinajstić information content (AvgIpc) is 3.88. The van der Waals surface area contributed by atoms with Gasteiger partial charge in [-0.25, -0.2) is 0 Å². The first-order valence-electron chi connectivity index (χ1n) is 21.1. The Bertz CT molecular complexity index is 3540. The van der Waals surface area contributed by atoms with Gasteiger partial charge in [0.25, 0.3) is 0 Å². The molecule has 0 fully saturated rings. The number of anilines is 6. The van der Waals surface area contributed by atoms with Gasteiger partial charge in [-0.15, -0.1) is 11.3 Å². The number of hydrogen-bond acceptors (Lipinski definition) is 3. The highest BCUT2D eigenvalue weighted by molar-refractivity contribution is 7.25. The molecule has 0 spiro atoms. The van der Waals surface area contributed by atoms with Crippen LogP contribution in [0.3, 0.4) is 0 Å². The maximum Gasteiger partial charge on any atom is 0.0547 e. The normalized spacial score (nSPS) is 11.5. The van der Waals surface area contributed by atoms with Crippen LogP contribution in [0.25, 0.3) is 69.6 Å². The van der Waals surface area contributed by atoms with Gasteiger partial charge in [-0.3, -0.25) is 0 Å². The Hall–Kier alpha value is -7.92. The standard InChI is InChI=1S/C58H39N3S/c1-5-18-43(19-6-1)59(44-20-7-2-8-21-44)48-35-42(36-49(38-48)60(45-22-9-3-10-23-45)47-31-34-57-52(39-47)51-27-15-16-28-56(51)62-57)41-30-32-54-53(37-41)58-50-26-14-13-17-40(50)29-33-55(58)61(54)46-24-11-4-12-25-46/h1-39H. The molecule has 0 aliphatic heterocycles. The lowest BCUT2D eigenvalue weighted by Gasteiger charge is -2.30. The first-order valence-corrected chi connectivity index (χ1v) is 21.9. The fourth-order valence-corrected chi connectivity index (χ4v) is 10.4. The van der Waals surface area contributed by atoms with Gasteiger partial charge in [-0.2, -0.15) is 0 Å². The van der Waals surface area contributed by atoms with E-state index in [0.29, 0.717) is 0 Å². The van der Waals surface area contributed by atoms with E-state index >= 15 is 0 Å².